The molecule has 0 radical (unpaired) electrons. The van der Waals surface area contributed by atoms with Gasteiger partial charge in [0.2, 0.25) is 5.95 Å². The zero-order valence-corrected chi connectivity index (χ0v) is 17.4. The van der Waals surface area contributed by atoms with Crippen molar-refractivity contribution < 1.29 is 4.74 Å². The highest BCUT2D eigenvalue weighted by Crippen LogP contribution is 2.26. The Morgan fingerprint density at radius 1 is 1.11 bits per heavy atom. The Labute approximate surface area is 172 Å². The van der Waals surface area contributed by atoms with E-state index < -0.39 is 0 Å². The molecule has 3 aromatic rings. The van der Waals surface area contributed by atoms with E-state index >= 15 is 0 Å². The van der Waals surface area contributed by atoms with Gasteiger partial charge in [0.1, 0.15) is 5.82 Å². The zero-order chi connectivity index (χ0) is 19.5. The van der Waals surface area contributed by atoms with Gasteiger partial charge in [-0.05, 0) is 47.1 Å². The molecule has 1 fully saturated rings. The average molecular weight is 444 g/mol. The van der Waals surface area contributed by atoms with Crippen molar-refractivity contribution in [2.24, 2.45) is 7.05 Å². The summed E-state index contributed by atoms with van der Waals surface area (Å²) < 4.78 is 7.97. The highest BCUT2D eigenvalue weighted by molar-refractivity contribution is 9.10. The molecule has 1 aliphatic heterocycles. The number of anilines is 5. The van der Waals surface area contributed by atoms with Crippen LogP contribution in [0.4, 0.5) is 29.0 Å². The lowest BCUT2D eigenvalue weighted by Crippen LogP contribution is -2.36. The third kappa shape index (κ3) is 4.26. The Morgan fingerprint density at radius 2 is 1.86 bits per heavy atom. The summed E-state index contributed by atoms with van der Waals surface area (Å²) in [6, 6.07) is 10.2. The molecule has 146 valence electrons. The van der Waals surface area contributed by atoms with Crippen LogP contribution >= 0.6 is 15.9 Å². The highest BCUT2D eigenvalue weighted by atomic mass is 79.9. The summed E-state index contributed by atoms with van der Waals surface area (Å²) in [7, 11) is 1.89. The quantitative estimate of drug-likeness (QED) is 0.623. The van der Waals surface area contributed by atoms with Crippen molar-refractivity contribution in [1.82, 2.24) is 19.7 Å². The fraction of sp³-hybridized carbons (Fsp3) is 0.316. The summed E-state index contributed by atoms with van der Waals surface area (Å²) in [5, 5.41) is 10.9. The van der Waals surface area contributed by atoms with Gasteiger partial charge in [-0.1, -0.05) is 0 Å². The lowest BCUT2D eigenvalue weighted by molar-refractivity contribution is 0.122. The maximum Gasteiger partial charge on any atom is 0.229 e. The standard InChI is InChI=1S/C19H22BrN7O/c1-13-11-17(26(2)25-13)23-18-16(20)12-21-19(24-18)22-14-3-5-15(6-4-14)27-7-9-28-10-8-27/h3-6,11-12H,7-10H2,1-2H3,(H2,21,22,23,24). The molecule has 0 atom stereocenters. The minimum absolute atomic E-state index is 0.517. The van der Waals surface area contributed by atoms with Gasteiger partial charge < -0.3 is 20.3 Å². The second-order valence-electron chi connectivity index (χ2n) is 6.58. The topological polar surface area (TPSA) is 80.1 Å². The van der Waals surface area contributed by atoms with E-state index in [0.717, 1.165) is 48.0 Å². The number of ether oxygens (including phenoxy) is 1. The second kappa shape index (κ2) is 8.15. The van der Waals surface area contributed by atoms with Gasteiger partial charge in [-0.3, -0.25) is 4.68 Å². The summed E-state index contributed by atoms with van der Waals surface area (Å²) in [4.78, 5) is 11.3. The Hall–Kier alpha value is -2.65. The molecular formula is C19H22BrN7O. The highest BCUT2D eigenvalue weighted by Gasteiger charge is 2.12. The van der Waals surface area contributed by atoms with Crippen LogP contribution in [0.3, 0.4) is 0 Å². The lowest BCUT2D eigenvalue weighted by Gasteiger charge is -2.28. The number of rotatable bonds is 5. The van der Waals surface area contributed by atoms with Gasteiger partial charge in [-0.2, -0.15) is 10.1 Å². The van der Waals surface area contributed by atoms with Crippen molar-refractivity contribution in [3.8, 4) is 0 Å². The van der Waals surface area contributed by atoms with Crippen molar-refractivity contribution in [1.29, 1.82) is 0 Å². The number of aryl methyl sites for hydroxylation is 2. The van der Waals surface area contributed by atoms with Gasteiger partial charge in [0, 0.05) is 43.8 Å². The van der Waals surface area contributed by atoms with Crippen molar-refractivity contribution in [2.45, 2.75) is 6.92 Å². The second-order valence-corrected chi connectivity index (χ2v) is 7.44. The third-order valence-electron chi connectivity index (χ3n) is 4.49. The average Bonchev–Trinajstić information content (AvgIpc) is 3.02. The van der Waals surface area contributed by atoms with Crippen LogP contribution in [-0.2, 0) is 11.8 Å². The molecule has 1 saturated heterocycles. The van der Waals surface area contributed by atoms with Crippen molar-refractivity contribution >= 4 is 44.9 Å². The monoisotopic (exact) mass is 443 g/mol. The summed E-state index contributed by atoms with van der Waals surface area (Å²) >= 11 is 3.50. The van der Waals surface area contributed by atoms with E-state index in [4.69, 9.17) is 4.74 Å². The summed E-state index contributed by atoms with van der Waals surface area (Å²) in [5.41, 5.74) is 3.06. The van der Waals surface area contributed by atoms with Gasteiger partial charge in [0.05, 0.1) is 23.4 Å². The number of hydrogen-bond donors (Lipinski definition) is 2. The van der Waals surface area contributed by atoms with Crippen LogP contribution in [-0.4, -0.2) is 46.1 Å². The van der Waals surface area contributed by atoms with Gasteiger partial charge in [-0.25, -0.2) is 4.98 Å². The van der Waals surface area contributed by atoms with Crippen LogP contribution in [0.5, 0.6) is 0 Å². The molecule has 0 amide bonds. The van der Waals surface area contributed by atoms with E-state index in [0.29, 0.717) is 11.8 Å². The fourth-order valence-electron chi connectivity index (χ4n) is 3.07. The van der Waals surface area contributed by atoms with Gasteiger partial charge >= 0.3 is 0 Å². The first-order valence-electron chi connectivity index (χ1n) is 9.08. The summed E-state index contributed by atoms with van der Waals surface area (Å²) in [6.45, 7) is 5.35. The van der Waals surface area contributed by atoms with Crippen LogP contribution in [0.1, 0.15) is 5.69 Å². The SMILES string of the molecule is Cc1cc(Nc2nc(Nc3ccc(N4CCOCC4)cc3)ncc2Br)n(C)n1. The summed E-state index contributed by atoms with van der Waals surface area (Å²) in [5.74, 6) is 2.05. The van der Waals surface area contributed by atoms with Crippen LogP contribution in [0.25, 0.3) is 0 Å². The number of halogens is 1. The number of nitrogens with one attached hydrogen (secondary N) is 2. The van der Waals surface area contributed by atoms with Crippen molar-refractivity contribution in [3.05, 3.63) is 46.7 Å². The molecular weight excluding hydrogens is 422 g/mol. The minimum Gasteiger partial charge on any atom is -0.378 e. The van der Waals surface area contributed by atoms with Crippen molar-refractivity contribution in [2.75, 3.05) is 41.8 Å². The Balaban J connectivity index is 1.48. The molecule has 9 heteroatoms. The minimum atomic E-state index is 0.517. The van der Waals surface area contributed by atoms with Crippen molar-refractivity contribution in [3.63, 3.8) is 0 Å². The van der Waals surface area contributed by atoms with Gasteiger partial charge in [0.25, 0.3) is 0 Å². The van der Waals surface area contributed by atoms with E-state index in [1.165, 1.54) is 5.69 Å². The molecule has 2 aromatic heterocycles. The molecule has 8 nitrogen and oxygen atoms in total. The van der Waals surface area contributed by atoms with E-state index in [2.05, 4.69) is 58.7 Å². The smallest absolute Gasteiger partial charge is 0.229 e. The van der Waals surface area contributed by atoms with Crippen LogP contribution in [0.15, 0.2) is 41.0 Å². The van der Waals surface area contributed by atoms with Gasteiger partial charge in [-0.15, -0.1) is 0 Å². The third-order valence-corrected chi connectivity index (χ3v) is 5.07. The fourth-order valence-corrected chi connectivity index (χ4v) is 3.36. The number of aromatic nitrogens is 4. The maximum absolute atomic E-state index is 5.41. The molecule has 0 spiro atoms. The maximum atomic E-state index is 5.41. The van der Waals surface area contributed by atoms with E-state index in [-0.39, 0.29) is 0 Å². The Kier molecular flexibility index (Phi) is 5.45. The van der Waals surface area contributed by atoms with Crippen LogP contribution < -0.4 is 15.5 Å². The molecule has 4 rings (SSSR count). The molecule has 0 aliphatic carbocycles. The number of hydrogen-bond acceptors (Lipinski definition) is 7. The largest absolute Gasteiger partial charge is 0.378 e. The molecule has 1 aliphatic rings. The Bertz CT molecular complexity index is 951. The number of benzene rings is 1. The normalized spacial score (nSPS) is 14.2. The van der Waals surface area contributed by atoms with Gasteiger partial charge in [0.15, 0.2) is 5.82 Å². The first-order chi connectivity index (χ1) is 13.6. The molecule has 28 heavy (non-hydrogen) atoms. The summed E-state index contributed by atoms with van der Waals surface area (Å²) in [6.07, 6.45) is 1.73. The van der Waals surface area contributed by atoms with Crippen LogP contribution in [0, 0.1) is 6.92 Å². The van der Waals surface area contributed by atoms with E-state index in [1.807, 2.05) is 32.2 Å². The molecule has 0 saturated carbocycles. The number of morpholine rings is 1. The molecule has 0 unspecified atom stereocenters. The molecule has 0 bridgehead atoms. The van der Waals surface area contributed by atoms with E-state index in [9.17, 15) is 0 Å². The van der Waals surface area contributed by atoms with E-state index in [1.54, 1.807) is 10.9 Å². The molecule has 2 N–H and O–H groups in total. The molecule has 3 heterocycles. The first-order valence-corrected chi connectivity index (χ1v) is 9.88. The lowest BCUT2D eigenvalue weighted by atomic mass is 10.2. The van der Waals surface area contributed by atoms with Crippen LogP contribution in [0.2, 0.25) is 0 Å². The number of nitrogens with zero attached hydrogens (tertiary/aromatic N) is 5. The Morgan fingerprint density at radius 3 is 2.54 bits per heavy atom. The molecule has 1 aromatic carbocycles. The predicted octanol–water partition coefficient (Wildman–Crippen LogP) is 3.60. The first kappa shape index (κ1) is 18.7. The zero-order valence-electron chi connectivity index (χ0n) is 15.8. The predicted molar refractivity (Wildman–Crippen MR) is 114 cm³/mol.